The van der Waals surface area contributed by atoms with E-state index in [9.17, 15) is 5.11 Å². The highest BCUT2D eigenvalue weighted by atomic mass is 16.5. The summed E-state index contributed by atoms with van der Waals surface area (Å²) in [6.45, 7) is 6.06. The van der Waals surface area contributed by atoms with Crippen molar-refractivity contribution in [1.82, 2.24) is 9.88 Å². The van der Waals surface area contributed by atoms with E-state index in [2.05, 4.69) is 22.0 Å². The largest absolute Gasteiger partial charge is 0.487 e. The van der Waals surface area contributed by atoms with Crippen LogP contribution in [0.25, 0.3) is 0 Å². The van der Waals surface area contributed by atoms with Gasteiger partial charge in [0.15, 0.2) is 0 Å². The summed E-state index contributed by atoms with van der Waals surface area (Å²) in [5, 5.41) is 10.4. The lowest BCUT2D eigenvalue weighted by Crippen LogP contribution is -2.53. The Morgan fingerprint density at radius 2 is 1.89 bits per heavy atom. The highest BCUT2D eigenvalue weighted by Crippen LogP contribution is 2.39. The van der Waals surface area contributed by atoms with Crippen LogP contribution in [0.3, 0.4) is 0 Å². The molecule has 1 atom stereocenters. The summed E-state index contributed by atoms with van der Waals surface area (Å²) < 4.78 is 11.9. The Labute approximate surface area is 167 Å². The van der Waals surface area contributed by atoms with Crippen molar-refractivity contribution in [3.63, 3.8) is 0 Å². The molecule has 1 unspecified atom stereocenters. The average molecular weight is 383 g/mol. The fourth-order valence-electron chi connectivity index (χ4n) is 4.35. The van der Waals surface area contributed by atoms with Gasteiger partial charge in [-0.05, 0) is 56.0 Å². The van der Waals surface area contributed by atoms with E-state index in [-0.39, 0.29) is 5.60 Å². The fourth-order valence-corrected chi connectivity index (χ4v) is 4.35. The molecule has 0 amide bonds. The van der Waals surface area contributed by atoms with Crippen molar-refractivity contribution in [1.29, 1.82) is 0 Å². The van der Waals surface area contributed by atoms with Crippen molar-refractivity contribution in [2.75, 3.05) is 19.7 Å². The molecule has 3 heterocycles. The van der Waals surface area contributed by atoms with Crippen LogP contribution in [0.2, 0.25) is 0 Å². The molecule has 5 heteroatoms. The maximum absolute atomic E-state index is 10.4. The number of nitrogens with zero attached hydrogens (tertiary/aromatic N) is 2. The minimum atomic E-state index is -0.578. The Bertz CT molecular complexity index is 753. The van der Waals surface area contributed by atoms with Gasteiger partial charge in [-0.15, -0.1) is 0 Å². The number of aromatic nitrogens is 1. The molecule has 0 aliphatic carbocycles. The van der Waals surface area contributed by atoms with Crippen molar-refractivity contribution in [2.45, 2.75) is 57.0 Å². The zero-order valence-corrected chi connectivity index (χ0v) is 16.6. The lowest BCUT2D eigenvalue weighted by atomic mass is 9.78. The third-order valence-corrected chi connectivity index (χ3v) is 5.96. The number of hydrogen-bond donors (Lipinski definition) is 1. The summed E-state index contributed by atoms with van der Waals surface area (Å²) in [4.78, 5) is 6.75. The second kappa shape index (κ2) is 8.19. The zero-order chi connectivity index (χ0) is 19.5. The van der Waals surface area contributed by atoms with Crippen molar-refractivity contribution in [3.05, 3.63) is 59.9 Å². The Balaban J connectivity index is 1.26. The number of ether oxygens (including phenoxy) is 2. The monoisotopic (exact) mass is 382 g/mol. The van der Waals surface area contributed by atoms with Gasteiger partial charge in [-0.25, -0.2) is 0 Å². The molecular weight excluding hydrogens is 352 g/mol. The number of benzene rings is 1. The van der Waals surface area contributed by atoms with Crippen LogP contribution in [0.5, 0.6) is 5.75 Å². The molecule has 2 saturated heterocycles. The van der Waals surface area contributed by atoms with Gasteiger partial charge in [0.2, 0.25) is 0 Å². The van der Waals surface area contributed by atoms with E-state index in [1.165, 1.54) is 5.56 Å². The van der Waals surface area contributed by atoms with E-state index in [1.54, 1.807) is 6.20 Å². The van der Waals surface area contributed by atoms with Crippen LogP contribution in [0.4, 0.5) is 0 Å². The first-order valence-corrected chi connectivity index (χ1v) is 10.2. The smallest absolute Gasteiger partial charge is 0.130 e. The number of piperidine rings is 1. The lowest BCUT2D eigenvalue weighted by Gasteiger charge is -2.48. The maximum Gasteiger partial charge on any atom is 0.130 e. The normalized spacial score (nSPS) is 24.9. The number of pyridine rings is 1. The van der Waals surface area contributed by atoms with Gasteiger partial charge in [0.25, 0.3) is 0 Å². The van der Waals surface area contributed by atoms with Crippen molar-refractivity contribution in [3.8, 4) is 5.75 Å². The minimum absolute atomic E-state index is 0.124. The van der Waals surface area contributed by atoms with Gasteiger partial charge in [-0.1, -0.05) is 18.2 Å². The summed E-state index contributed by atoms with van der Waals surface area (Å²) in [5.74, 6) is 0.866. The van der Waals surface area contributed by atoms with Crippen LogP contribution in [-0.2, 0) is 17.9 Å². The fraction of sp³-hybridized carbons (Fsp3) is 0.522. The van der Waals surface area contributed by atoms with Crippen LogP contribution in [0.15, 0.2) is 48.7 Å². The summed E-state index contributed by atoms with van der Waals surface area (Å²) in [6, 6.07) is 14.2. The lowest BCUT2D eigenvalue weighted by molar-refractivity contribution is -0.173. The Morgan fingerprint density at radius 1 is 1.11 bits per heavy atom. The van der Waals surface area contributed by atoms with Gasteiger partial charge >= 0.3 is 0 Å². The summed E-state index contributed by atoms with van der Waals surface area (Å²) in [6.07, 6.45) is 5.27. The standard InChI is InChI=1S/C23H30N2O3/c1-22(26)11-15-28-23(18-22)9-13-25(14-10-23)16-19-5-7-21(8-6-19)27-17-20-4-2-3-12-24-20/h2-8,12,26H,9-11,13-18H2,1H3. The first kappa shape index (κ1) is 19.4. The number of likely N-dealkylation sites (tertiary alicyclic amines) is 1. The number of hydrogen-bond acceptors (Lipinski definition) is 5. The highest BCUT2D eigenvalue weighted by molar-refractivity contribution is 5.27. The molecule has 0 radical (unpaired) electrons. The van der Waals surface area contributed by atoms with E-state index in [4.69, 9.17) is 9.47 Å². The van der Waals surface area contributed by atoms with Crippen LogP contribution in [-0.4, -0.2) is 45.9 Å². The Kier molecular flexibility index (Phi) is 5.67. The van der Waals surface area contributed by atoms with Gasteiger partial charge in [-0.2, -0.15) is 0 Å². The molecule has 5 nitrogen and oxygen atoms in total. The topological polar surface area (TPSA) is 54.8 Å². The van der Waals surface area contributed by atoms with Gasteiger partial charge in [0.05, 0.1) is 23.5 Å². The predicted octanol–water partition coefficient (Wildman–Crippen LogP) is 3.56. The van der Waals surface area contributed by atoms with E-state index in [1.807, 2.05) is 37.3 Å². The Morgan fingerprint density at radius 3 is 2.57 bits per heavy atom. The molecule has 28 heavy (non-hydrogen) atoms. The highest BCUT2D eigenvalue weighted by Gasteiger charge is 2.44. The average Bonchev–Trinajstić information content (AvgIpc) is 2.69. The summed E-state index contributed by atoms with van der Waals surface area (Å²) in [5.41, 5.74) is 1.52. The molecule has 2 aliphatic heterocycles. The van der Waals surface area contributed by atoms with Gasteiger partial charge < -0.3 is 14.6 Å². The summed E-state index contributed by atoms with van der Waals surface area (Å²) in [7, 11) is 0. The van der Waals surface area contributed by atoms with Crippen LogP contribution in [0, 0.1) is 0 Å². The predicted molar refractivity (Wildman–Crippen MR) is 108 cm³/mol. The first-order chi connectivity index (χ1) is 13.5. The van der Waals surface area contributed by atoms with E-state index in [0.717, 1.165) is 56.8 Å². The van der Waals surface area contributed by atoms with Crippen molar-refractivity contribution >= 4 is 0 Å². The molecule has 4 rings (SSSR count). The SMILES string of the molecule is CC1(O)CCOC2(CCN(Cc3ccc(OCc4ccccn4)cc3)CC2)C1. The molecule has 1 N–H and O–H groups in total. The number of aliphatic hydroxyl groups is 1. The Hall–Kier alpha value is -1.95. The third-order valence-electron chi connectivity index (χ3n) is 5.96. The third kappa shape index (κ3) is 4.90. The molecule has 1 aromatic heterocycles. The maximum atomic E-state index is 10.4. The quantitative estimate of drug-likeness (QED) is 0.857. The van der Waals surface area contributed by atoms with Crippen LogP contribution >= 0.6 is 0 Å². The van der Waals surface area contributed by atoms with Crippen LogP contribution in [0.1, 0.15) is 43.9 Å². The van der Waals surface area contributed by atoms with Gasteiger partial charge in [0.1, 0.15) is 12.4 Å². The molecular formula is C23H30N2O3. The molecule has 1 spiro atoms. The van der Waals surface area contributed by atoms with Crippen molar-refractivity contribution in [2.24, 2.45) is 0 Å². The molecule has 2 fully saturated rings. The molecule has 0 saturated carbocycles. The zero-order valence-electron chi connectivity index (χ0n) is 16.6. The molecule has 2 aromatic rings. The van der Waals surface area contributed by atoms with E-state index in [0.29, 0.717) is 13.2 Å². The summed E-state index contributed by atoms with van der Waals surface area (Å²) >= 11 is 0. The van der Waals surface area contributed by atoms with Gasteiger partial charge in [-0.3, -0.25) is 9.88 Å². The first-order valence-electron chi connectivity index (χ1n) is 10.2. The second-order valence-electron chi connectivity index (χ2n) is 8.49. The molecule has 0 bridgehead atoms. The molecule has 2 aliphatic rings. The van der Waals surface area contributed by atoms with Crippen molar-refractivity contribution < 1.29 is 14.6 Å². The van der Waals surface area contributed by atoms with Crippen LogP contribution < -0.4 is 4.74 Å². The minimum Gasteiger partial charge on any atom is -0.487 e. The van der Waals surface area contributed by atoms with E-state index >= 15 is 0 Å². The molecule has 150 valence electrons. The molecule has 1 aromatic carbocycles. The van der Waals surface area contributed by atoms with Gasteiger partial charge in [0, 0.05) is 32.3 Å². The second-order valence-corrected chi connectivity index (χ2v) is 8.49. The number of rotatable bonds is 5. The van der Waals surface area contributed by atoms with E-state index < -0.39 is 5.60 Å².